The number of nitrogens with zero attached hydrogens (tertiary/aromatic N) is 1. The van der Waals surface area contributed by atoms with Gasteiger partial charge >= 0.3 is 0 Å². The number of hydrogen-bond acceptors (Lipinski definition) is 1. The zero-order chi connectivity index (χ0) is 26.2. The van der Waals surface area contributed by atoms with E-state index in [1.54, 1.807) is 0 Å². The van der Waals surface area contributed by atoms with E-state index in [4.69, 9.17) is 11.6 Å². The Labute approximate surface area is 243 Å². The second-order valence-corrected chi connectivity index (χ2v) is 12.5. The highest BCUT2D eigenvalue weighted by Gasteiger charge is 2.22. The minimum absolute atomic E-state index is 0.725. The molecule has 2 heterocycles. The molecular formula is C35H21BrClNS. The monoisotopic (exact) mass is 601 g/mol. The van der Waals surface area contributed by atoms with Gasteiger partial charge in [-0.25, -0.2) is 0 Å². The third kappa shape index (κ3) is 3.50. The van der Waals surface area contributed by atoms with Gasteiger partial charge in [0.25, 0.3) is 0 Å². The fourth-order valence-corrected chi connectivity index (χ4v) is 8.18. The van der Waals surface area contributed by atoms with Crippen LogP contribution in [-0.4, -0.2) is 4.57 Å². The number of thiophene rings is 1. The molecule has 0 spiro atoms. The number of rotatable bonds is 2. The highest BCUT2D eigenvalue weighted by Crippen LogP contribution is 2.48. The summed E-state index contributed by atoms with van der Waals surface area (Å²) in [6.07, 6.45) is 0. The lowest BCUT2D eigenvalue weighted by molar-refractivity contribution is 1.20. The number of halogens is 2. The minimum atomic E-state index is 0.725. The van der Waals surface area contributed by atoms with Crippen molar-refractivity contribution in [3.63, 3.8) is 0 Å². The summed E-state index contributed by atoms with van der Waals surface area (Å²) in [6, 6.07) is 39.5. The van der Waals surface area contributed by atoms with Gasteiger partial charge in [0.05, 0.1) is 16.7 Å². The fourth-order valence-electron chi connectivity index (χ4n) is 6.07. The number of benzene rings is 6. The molecule has 39 heavy (non-hydrogen) atoms. The molecule has 8 rings (SSSR count). The molecule has 4 heteroatoms. The van der Waals surface area contributed by atoms with Gasteiger partial charge in [-0.2, -0.15) is 0 Å². The van der Waals surface area contributed by atoms with Gasteiger partial charge in [0.15, 0.2) is 0 Å². The molecule has 1 nitrogen and oxygen atoms in total. The summed E-state index contributed by atoms with van der Waals surface area (Å²) in [5.74, 6) is 0. The van der Waals surface area contributed by atoms with Crippen LogP contribution in [0.3, 0.4) is 0 Å². The number of hydrogen-bond donors (Lipinski definition) is 0. The average molecular weight is 603 g/mol. The van der Waals surface area contributed by atoms with Gasteiger partial charge in [-0.3, -0.25) is 0 Å². The Hall–Kier alpha value is -3.63. The van der Waals surface area contributed by atoms with Gasteiger partial charge in [0.2, 0.25) is 0 Å². The Morgan fingerprint density at radius 2 is 1.51 bits per heavy atom. The van der Waals surface area contributed by atoms with Crippen molar-refractivity contribution in [3.8, 4) is 16.8 Å². The smallest absolute Gasteiger partial charge is 0.0634 e. The summed E-state index contributed by atoms with van der Waals surface area (Å²) in [5.41, 5.74) is 7.25. The summed E-state index contributed by atoms with van der Waals surface area (Å²) in [5, 5.41) is 8.29. The van der Waals surface area contributed by atoms with Crippen molar-refractivity contribution in [3.05, 3.63) is 124 Å². The van der Waals surface area contributed by atoms with Crippen LogP contribution in [0.2, 0.25) is 5.02 Å². The van der Waals surface area contributed by atoms with Crippen LogP contribution >= 0.6 is 38.9 Å². The Morgan fingerprint density at radius 3 is 2.38 bits per heavy atom. The van der Waals surface area contributed by atoms with E-state index in [9.17, 15) is 0 Å². The maximum Gasteiger partial charge on any atom is 0.0634 e. The Kier molecular flexibility index (Phi) is 5.19. The normalized spacial score (nSPS) is 12.0. The molecule has 2 aromatic heterocycles. The molecule has 0 unspecified atom stereocenters. The van der Waals surface area contributed by atoms with Crippen molar-refractivity contribution in [2.45, 2.75) is 6.92 Å². The SMILES string of the molecule is Cc1ccc2c3cc(-c4cc(Cl)cc(Br)c4)c4sc5ccccc5c4c3n(-c3cccc4ccccc34)c2c1. The molecule has 186 valence electrons. The van der Waals surface area contributed by atoms with Gasteiger partial charge < -0.3 is 4.57 Å². The lowest BCUT2D eigenvalue weighted by Gasteiger charge is -2.14. The van der Waals surface area contributed by atoms with E-state index in [-0.39, 0.29) is 0 Å². The summed E-state index contributed by atoms with van der Waals surface area (Å²) < 4.78 is 6.04. The van der Waals surface area contributed by atoms with E-state index >= 15 is 0 Å². The van der Waals surface area contributed by atoms with Crippen molar-refractivity contribution in [1.82, 2.24) is 4.57 Å². The first-order valence-electron chi connectivity index (χ1n) is 12.9. The molecule has 6 aromatic carbocycles. The third-order valence-electron chi connectivity index (χ3n) is 7.71. The minimum Gasteiger partial charge on any atom is -0.308 e. The zero-order valence-corrected chi connectivity index (χ0v) is 24.2. The zero-order valence-electron chi connectivity index (χ0n) is 21.0. The summed E-state index contributed by atoms with van der Waals surface area (Å²) >= 11 is 12.1. The van der Waals surface area contributed by atoms with Crippen LogP contribution in [-0.2, 0) is 0 Å². The van der Waals surface area contributed by atoms with Crippen molar-refractivity contribution < 1.29 is 0 Å². The van der Waals surface area contributed by atoms with Gasteiger partial charge in [-0.1, -0.05) is 94.3 Å². The maximum absolute atomic E-state index is 6.57. The van der Waals surface area contributed by atoms with Gasteiger partial charge in [-0.15, -0.1) is 11.3 Å². The van der Waals surface area contributed by atoms with E-state index in [1.165, 1.54) is 69.6 Å². The van der Waals surface area contributed by atoms with Crippen LogP contribution in [0, 0.1) is 6.92 Å². The second-order valence-electron chi connectivity index (χ2n) is 10.1. The Morgan fingerprint density at radius 1 is 0.718 bits per heavy atom. The van der Waals surface area contributed by atoms with Crippen LogP contribution in [0.1, 0.15) is 5.56 Å². The Balaban J connectivity index is 1.66. The maximum atomic E-state index is 6.57. The van der Waals surface area contributed by atoms with Crippen LogP contribution < -0.4 is 0 Å². The van der Waals surface area contributed by atoms with E-state index in [0.29, 0.717) is 0 Å². The first kappa shape index (κ1) is 23.3. The molecule has 0 bridgehead atoms. The lowest BCUT2D eigenvalue weighted by Crippen LogP contribution is -1.96. The van der Waals surface area contributed by atoms with E-state index in [2.05, 4.69) is 131 Å². The lowest BCUT2D eigenvalue weighted by atomic mass is 9.98. The molecule has 0 fully saturated rings. The standard InChI is InChI=1S/C35H21BrClNS/c1-20-13-14-26-29-19-28(22-16-23(36)18-24(37)17-22)35-33(27-10-4-5-12-32(27)39-35)34(29)38(31(26)15-20)30-11-6-8-21-7-2-3-9-25(21)30/h2-19H,1H3. The van der Waals surface area contributed by atoms with Crippen LogP contribution in [0.15, 0.2) is 114 Å². The molecule has 0 saturated carbocycles. The number of aryl methyl sites for hydroxylation is 1. The van der Waals surface area contributed by atoms with Gasteiger partial charge in [0.1, 0.15) is 0 Å². The van der Waals surface area contributed by atoms with Crippen LogP contribution in [0.5, 0.6) is 0 Å². The average Bonchev–Trinajstić information content (AvgIpc) is 3.47. The molecule has 0 aliphatic carbocycles. The highest BCUT2D eigenvalue weighted by molar-refractivity contribution is 9.10. The predicted octanol–water partition coefficient (Wildman–Crippen LogP) is 11.7. The third-order valence-corrected chi connectivity index (χ3v) is 9.59. The first-order valence-corrected chi connectivity index (χ1v) is 14.9. The molecule has 0 radical (unpaired) electrons. The summed E-state index contributed by atoms with van der Waals surface area (Å²) in [7, 11) is 0. The molecule has 0 aliphatic heterocycles. The number of aromatic nitrogens is 1. The number of fused-ring (bicyclic) bond motifs is 8. The van der Waals surface area contributed by atoms with Gasteiger partial charge in [-0.05, 0) is 65.9 Å². The topological polar surface area (TPSA) is 4.93 Å². The van der Waals surface area contributed by atoms with Crippen molar-refractivity contribution >= 4 is 91.6 Å². The predicted molar refractivity (Wildman–Crippen MR) is 174 cm³/mol. The van der Waals surface area contributed by atoms with Crippen LogP contribution in [0.25, 0.3) is 69.6 Å². The largest absolute Gasteiger partial charge is 0.308 e. The second kappa shape index (κ2) is 8.69. The molecule has 0 amide bonds. The van der Waals surface area contributed by atoms with E-state index in [1.807, 2.05) is 17.4 Å². The first-order chi connectivity index (χ1) is 19.1. The molecule has 0 atom stereocenters. The Bertz CT molecular complexity index is 2250. The van der Waals surface area contributed by atoms with Crippen LogP contribution in [0.4, 0.5) is 0 Å². The van der Waals surface area contributed by atoms with Crippen molar-refractivity contribution in [1.29, 1.82) is 0 Å². The van der Waals surface area contributed by atoms with E-state index in [0.717, 1.165) is 15.1 Å². The summed E-state index contributed by atoms with van der Waals surface area (Å²) in [6.45, 7) is 2.18. The van der Waals surface area contributed by atoms with E-state index < -0.39 is 0 Å². The molecule has 0 saturated heterocycles. The summed E-state index contributed by atoms with van der Waals surface area (Å²) in [4.78, 5) is 0. The molecule has 0 N–H and O–H groups in total. The fraction of sp³-hybridized carbons (Fsp3) is 0.0286. The molecule has 0 aliphatic rings. The molecule has 8 aromatic rings. The quantitative estimate of drug-likeness (QED) is 0.185. The van der Waals surface area contributed by atoms with Crippen molar-refractivity contribution in [2.75, 3.05) is 0 Å². The van der Waals surface area contributed by atoms with Crippen molar-refractivity contribution in [2.24, 2.45) is 0 Å². The van der Waals surface area contributed by atoms with Gasteiger partial charge in [0, 0.05) is 51.4 Å². The molecular weight excluding hydrogens is 582 g/mol. The highest BCUT2D eigenvalue weighted by atomic mass is 79.9.